The van der Waals surface area contributed by atoms with Gasteiger partial charge in [-0.1, -0.05) is 18.2 Å². The predicted octanol–water partition coefficient (Wildman–Crippen LogP) is 3.58. The molecule has 0 aliphatic carbocycles. The molecule has 0 aromatic heterocycles. The lowest BCUT2D eigenvalue weighted by Crippen LogP contribution is -2.27. The van der Waals surface area contributed by atoms with E-state index in [2.05, 4.69) is 4.72 Å². The van der Waals surface area contributed by atoms with Gasteiger partial charge in [0.1, 0.15) is 5.82 Å². The van der Waals surface area contributed by atoms with Crippen LogP contribution in [0.5, 0.6) is 0 Å². The fraction of sp³-hybridized carbons (Fsp3) is 0.333. The number of rotatable bonds is 5. The van der Waals surface area contributed by atoms with Gasteiger partial charge in [-0.2, -0.15) is 0 Å². The molecule has 124 valence electrons. The van der Waals surface area contributed by atoms with Gasteiger partial charge in [0.2, 0.25) is 10.0 Å². The molecule has 1 N–H and O–H groups in total. The molecule has 0 saturated heterocycles. The van der Waals surface area contributed by atoms with E-state index in [1.54, 1.807) is 12.1 Å². The topological polar surface area (TPSA) is 46.2 Å². The SMILES string of the molecule is Cc1cc(C)c(C)c(S(=O)(=O)NCCc2ccc(F)cc2)c1C. The highest BCUT2D eigenvalue weighted by Crippen LogP contribution is 2.25. The first-order valence-electron chi connectivity index (χ1n) is 7.54. The van der Waals surface area contributed by atoms with E-state index >= 15 is 0 Å². The molecule has 0 amide bonds. The molecule has 2 aromatic carbocycles. The summed E-state index contributed by atoms with van der Waals surface area (Å²) in [6, 6.07) is 8.08. The van der Waals surface area contributed by atoms with Gasteiger partial charge < -0.3 is 0 Å². The second kappa shape index (κ2) is 6.81. The first kappa shape index (κ1) is 17.6. The van der Waals surface area contributed by atoms with Crippen molar-refractivity contribution < 1.29 is 12.8 Å². The van der Waals surface area contributed by atoms with Crippen LogP contribution in [0.4, 0.5) is 4.39 Å². The summed E-state index contributed by atoms with van der Waals surface area (Å²) in [5.41, 5.74) is 4.38. The zero-order chi connectivity index (χ0) is 17.2. The molecular weight excluding hydrogens is 313 g/mol. The van der Waals surface area contributed by atoms with Crippen LogP contribution in [0.1, 0.15) is 27.8 Å². The first-order chi connectivity index (χ1) is 10.7. The molecule has 2 rings (SSSR count). The Balaban J connectivity index is 2.18. The molecule has 0 radical (unpaired) electrons. The summed E-state index contributed by atoms with van der Waals surface area (Å²) >= 11 is 0. The fourth-order valence-electron chi connectivity index (χ4n) is 2.64. The number of hydrogen-bond donors (Lipinski definition) is 1. The lowest BCUT2D eigenvalue weighted by Gasteiger charge is -2.16. The van der Waals surface area contributed by atoms with Crippen molar-refractivity contribution in [2.75, 3.05) is 6.54 Å². The average Bonchev–Trinajstić information content (AvgIpc) is 2.47. The minimum atomic E-state index is -3.57. The van der Waals surface area contributed by atoms with E-state index in [1.165, 1.54) is 12.1 Å². The van der Waals surface area contributed by atoms with E-state index in [0.717, 1.165) is 27.8 Å². The maximum atomic E-state index is 12.9. The van der Waals surface area contributed by atoms with E-state index < -0.39 is 10.0 Å². The third kappa shape index (κ3) is 3.98. The predicted molar refractivity (Wildman–Crippen MR) is 90.7 cm³/mol. The van der Waals surface area contributed by atoms with Crippen LogP contribution in [-0.4, -0.2) is 15.0 Å². The molecule has 0 atom stereocenters. The minimum Gasteiger partial charge on any atom is -0.211 e. The Kier molecular flexibility index (Phi) is 5.22. The monoisotopic (exact) mass is 335 g/mol. The molecule has 0 unspecified atom stereocenters. The third-order valence-corrected chi connectivity index (χ3v) is 5.92. The van der Waals surface area contributed by atoms with Crippen LogP contribution >= 0.6 is 0 Å². The van der Waals surface area contributed by atoms with Gasteiger partial charge in [-0.3, -0.25) is 0 Å². The quantitative estimate of drug-likeness (QED) is 0.908. The molecule has 0 fully saturated rings. The number of benzene rings is 2. The van der Waals surface area contributed by atoms with Crippen LogP contribution in [-0.2, 0) is 16.4 Å². The average molecular weight is 335 g/mol. The molecule has 0 bridgehead atoms. The van der Waals surface area contributed by atoms with Crippen LogP contribution in [0.2, 0.25) is 0 Å². The molecule has 0 aliphatic rings. The van der Waals surface area contributed by atoms with Crippen molar-refractivity contribution in [3.8, 4) is 0 Å². The highest BCUT2D eigenvalue weighted by atomic mass is 32.2. The molecule has 0 aliphatic heterocycles. The smallest absolute Gasteiger partial charge is 0.211 e. The Morgan fingerprint density at radius 2 is 1.48 bits per heavy atom. The van der Waals surface area contributed by atoms with E-state index in [1.807, 2.05) is 33.8 Å². The zero-order valence-corrected chi connectivity index (χ0v) is 14.7. The lowest BCUT2D eigenvalue weighted by atomic mass is 10.0. The maximum Gasteiger partial charge on any atom is 0.241 e. The van der Waals surface area contributed by atoms with Gasteiger partial charge in [-0.05, 0) is 74.1 Å². The Labute approximate surface area is 137 Å². The van der Waals surface area contributed by atoms with Crippen molar-refractivity contribution in [1.82, 2.24) is 4.72 Å². The van der Waals surface area contributed by atoms with Crippen molar-refractivity contribution >= 4 is 10.0 Å². The second-order valence-corrected chi connectivity index (χ2v) is 7.57. The van der Waals surface area contributed by atoms with Crippen molar-refractivity contribution in [2.45, 2.75) is 39.0 Å². The Morgan fingerprint density at radius 1 is 0.957 bits per heavy atom. The van der Waals surface area contributed by atoms with Crippen LogP contribution in [0.15, 0.2) is 35.2 Å². The second-order valence-electron chi connectivity index (χ2n) is 5.86. The van der Waals surface area contributed by atoms with Gasteiger partial charge in [0.15, 0.2) is 0 Å². The van der Waals surface area contributed by atoms with Gasteiger partial charge in [0, 0.05) is 6.54 Å². The normalized spacial score (nSPS) is 11.7. The molecule has 5 heteroatoms. The van der Waals surface area contributed by atoms with Gasteiger partial charge in [0.05, 0.1) is 4.90 Å². The standard InChI is InChI=1S/C18H22FNO2S/c1-12-11-13(2)15(4)18(14(12)3)23(21,22)20-10-9-16-5-7-17(19)8-6-16/h5-8,11,20H,9-10H2,1-4H3. The van der Waals surface area contributed by atoms with Crippen molar-refractivity contribution in [3.05, 3.63) is 64.0 Å². The van der Waals surface area contributed by atoms with Crippen LogP contribution in [0.25, 0.3) is 0 Å². The highest BCUT2D eigenvalue weighted by Gasteiger charge is 2.21. The van der Waals surface area contributed by atoms with E-state index in [-0.39, 0.29) is 12.4 Å². The summed E-state index contributed by atoms with van der Waals surface area (Å²) in [6.07, 6.45) is 0.516. The summed E-state index contributed by atoms with van der Waals surface area (Å²) in [7, 11) is -3.57. The Bertz CT molecular complexity index is 786. The number of halogens is 1. The summed E-state index contributed by atoms with van der Waals surface area (Å²) in [4.78, 5) is 0.370. The molecule has 3 nitrogen and oxygen atoms in total. The molecule has 2 aromatic rings. The highest BCUT2D eigenvalue weighted by molar-refractivity contribution is 7.89. The van der Waals surface area contributed by atoms with Gasteiger partial charge >= 0.3 is 0 Å². The molecule has 0 saturated carbocycles. The Morgan fingerprint density at radius 3 is 2.00 bits per heavy atom. The van der Waals surface area contributed by atoms with Crippen molar-refractivity contribution in [3.63, 3.8) is 0 Å². The van der Waals surface area contributed by atoms with Crippen LogP contribution in [0, 0.1) is 33.5 Å². The fourth-order valence-corrected chi connectivity index (χ4v) is 4.28. The molecule has 23 heavy (non-hydrogen) atoms. The number of sulfonamides is 1. The zero-order valence-electron chi connectivity index (χ0n) is 13.9. The number of nitrogens with one attached hydrogen (secondary N) is 1. The molecule has 0 heterocycles. The van der Waals surface area contributed by atoms with Gasteiger partial charge in [-0.25, -0.2) is 17.5 Å². The minimum absolute atomic E-state index is 0.278. The Hall–Kier alpha value is -1.72. The first-order valence-corrected chi connectivity index (χ1v) is 9.02. The van der Waals surface area contributed by atoms with Gasteiger partial charge in [-0.15, -0.1) is 0 Å². The molecular formula is C18H22FNO2S. The number of hydrogen-bond acceptors (Lipinski definition) is 2. The summed E-state index contributed by atoms with van der Waals surface area (Å²) in [5.74, 6) is -0.296. The largest absolute Gasteiger partial charge is 0.241 e. The van der Waals surface area contributed by atoms with Crippen LogP contribution in [0.3, 0.4) is 0 Å². The summed E-state index contributed by atoms with van der Waals surface area (Å²) in [6.45, 7) is 7.77. The third-order valence-electron chi connectivity index (χ3n) is 4.18. The van der Waals surface area contributed by atoms with Crippen LogP contribution < -0.4 is 4.72 Å². The molecule has 0 spiro atoms. The van der Waals surface area contributed by atoms with E-state index in [9.17, 15) is 12.8 Å². The summed E-state index contributed by atoms with van der Waals surface area (Å²) < 4.78 is 40.8. The maximum absolute atomic E-state index is 12.9. The summed E-state index contributed by atoms with van der Waals surface area (Å²) in [5, 5.41) is 0. The van der Waals surface area contributed by atoms with Crippen molar-refractivity contribution in [1.29, 1.82) is 0 Å². The van der Waals surface area contributed by atoms with E-state index in [4.69, 9.17) is 0 Å². The van der Waals surface area contributed by atoms with E-state index in [0.29, 0.717) is 11.3 Å². The van der Waals surface area contributed by atoms with Crippen molar-refractivity contribution in [2.24, 2.45) is 0 Å². The number of aryl methyl sites for hydroxylation is 2. The van der Waals surface area contributed by atoms with Gasteiger partial charge in [0.25, 0.3) is 0 Å². The lowest BCUT2D eigenvalue weighted by molar-refractivity contribution is 0.580.